The zero-order valence-electron chi connectivity index (χ0n) is 12.5. The van der Waals surface area contributed by atoms with Gasteiger partial charge < -0.3 is 9.63 Å². The maximum atomic E-state index is 9.76. The Labute approximate surface area is 124 Å². The lowest BCUT2D eigenvalue weighted by Gasteiger charge is -2.33. The number of piperidine rings is 1. The number of likely N-dealkylation sites (tertiary alicyclic amines) is 1. The van der Waals surface area contributed by atoms with E-state index >= 15 is 0 Å². The van der Waals surface area contributed by atoms with Gasteiger partial charge in [0.15, 0.2) is 0 Å². The topological polar surface area (TPSA) is 62.4 Å². The molecule has 0 amide bonds. The lowest BCUT2D eigenvalue weighted by atomic mass is 9.97. The van der Waals surface area contributed by atoms with E-state index in [1.807, 2.05) is 24.3 Å². The van der Waals surface area contributed by atoms with Gasteiger partial charge in [0.1, 0.15) is 0 Å². The predicted molar refractivity (Wildman–Crippen MR) is 79.5 cm³/mol. The fraction of sp³-hybridized carbons (Fsp3) is 0.500. The van der Waals surface area contributed by atoms with E-state index in [0.717, 1.165) is 25.1 Å². The Hall–Kier alpha value is -1.72. The van der Waals surface area contributed by atoms with Crippen molar-refractivity contribution < 1.29 is 9.63 Å². The quantitative estimate of drug-likeness (QED) is 0.938. The zero-order chi connectivity index (χ0) is 14.8. The lowest BCUT2D eigenvalue weighted by molar-refractivity contribution is 0.0282. The molecule has 0 aliphatic carbocycles. The van der Waals surface area contributed by atoms with Crippen LogP contribution in [0.1, 0.15) is 24.8 Å². The zero-order valence-corrected chi connectivity index (χ0v) is 12.5. The van der Waals surface area contributed by atoms with Crippen LogP contribution in [-0.2, 0) is 6.54 Å². The number of aryl methyl sites for hydroxylation is 1. The average molecular weight is 287 g/mol. The van der Waals surface area contributed by atoms with Crippen LogP contribution in [-0.4, -0.2) is 39.3 Å². The summed E-state index contributed by atoms with van der Waals surface area (Å²) in [7, 11) is 0. The maximum absolute atomic E-state index is 9.76. The monoisotopic (exact) mass is 287 g/mol. The van der Waals surface area contributed by atoms with Crippen molar-refractivity contribution in [2.24, 2.45) is 5.92 Å². The summed E-state index contributed by atoms with van der Waals surface area (Å²) in [6.07, 6.45) is 0.618. The van der Waals surface area contributed by atoms with Crippen LogP contribution < -0.4 is 0 Å². The van der Waals surface area contributed by atoms with Gasteiger partial charge in [0.2, 0.25) is 11.7 Å². The first kappa shape index (κ1) is 14.2. The normalized spacial score (nSPS) is 23.4. The number of aliphatic hydroxyl groups excluding tert-OH is 1. The van der Waals surface area contributed by atoms with Crippen molar-refractivity contribution in [2.75, 3.05) is 13.1 Å². The molecule has 0 saturated carbocycles. The van der Waals surface area contributed by atoms with Gasteiger partial charge in [0, 0.05) is 18.7 Å². The average Bonchev–Trinajstić information content (AvgIpc) is 2.92. The first-order chi connectivity index (χ1) is 10.1. The summed E-state index contributed by atoms with van der Waals surface area (Å²) in [5, 5.41) is 13.8. The van der Waals surface area contributed by atoms with E-state index in [-0.39, 0.29) is 6.10 Å². The molecule has 112 valence electrons. The molecule has 0 radical (unpaired) electrons. The Morgan fingerprint density at radius 1 is 1.33 bits per heavy atom. The van der Waals surface area contributed by atoms with Gasteiger partial charge in [0.25, 0.3) is 0 Å². The first-order valence-corrected chi connectivity index (χ1v) is 7.42. The number of nitrogens with zero attached hydrogens (tertiary/aromatic N) is 3. The molecular weight excluding hydrogens is 266 g/mol. The van der Waals surface area contributed by atoms with Gasteiger partial charge in [-0.1, -0.05) is 41.9 Å². The molecule has 1 fully saturated rings. The van der Waals surface area contributed by atoms with Crippen molar-refractivity contribution in [3.8, 4) is 11.4 Å². The number of benzene rings is 1. The van der Waals surface area contributed by atoms with Crippen LogP contribution in [0.2, 0.25) is 0 Å². The van der Waals surface area contributed by atoms with Crippen LogP contribution in [0.3, 0.4) is 0 Å². The third-order valence-electron chi connectivity index (χ3n) is 4.08. The molecule has 5 heteroatoms. The van der Waals surface area contributed by atoms with Crippen LogP contribution >= 0.6 is 0 Å². The van der Waals surface area contributed by atoms with E-state index in [0.29, 0.717) is 24.2 Å². The van der Waals surface area contributed by atoms with Crippen LogP contribution in [0.5, 0.6) is 0 Å². The van der Waals surface area contributed by atoms with Crippen LogP contribution in [0, 0.1) is 12.8 Å². The largest absolute Gasteiger partial charge is 0.393 e. The molecule has 21 heavy (non-hydrogen) atoms. The smallest absolute Gasteiger partial charge is 0.241 e. The minimum Gasteiger partial charge on any atom is -0.393 e. The third-order valence-corrected chi connectivity index (χ3v) is 4.08. The molecule has 1 aromatic carbocycles. The van der Waals surface area contributed by atoms with E-state index < -0.39 is 0 Å². The molecule has 3 rings (SSSR count). The van der Waals surface area contributed by atoms with E-state index in [4.69, 9.17) is 4.52 Å². The Morgan fingerprint density at radius 3 is 2.81 bits per heavy atom. The number of hydrogen-bond donors (Lipinski definition) is 1. The summed E-state index contributed by atoms with van der Waals surface area (Å²) in [6.45, 7) is 6.51. The van der Waals surface area contributed by atoms with E-state index in [1.54, 1.807) is 0 Å². The van der Waals surface area contributed by atoms with Crippen LogP contribution in [0.15, 0.2) is 28.8 Å². The van der Waals surface area contributed by atoms with Crippen LogP contribution in [0.25, 0.3) is 11.4 Å². The molecular formula is C16H21N3O2. The number of hydrogen-bond acceptors (Lipinski definition) is 5. The SMILES string of the molecule is Cc1ccc(-c2noc(CN3CCC(O)C(C)C3)n2)cc1. The molecule has 0 spiro atoms. The molecule has 0 bridgehead atoms. The Bertz CT molecular complexity index is 594. The number of aliphatic hydroxyl groups is 1. The van der Waals surface area contributed by atoms with Gasteiger partial charge in [-0.15, -0.1) is 0 Å². The van der Waals surface area contributed by atoms with Crippen molar-refractivity contribution in [3.63, 3.8) is 0 Å². The van der Waals surface area contributed by atoms with E-state index in [9.17, 15) is 5.11 Å². The highest BCUT2D eigenvalue weighted by Gasteiger charge is 2.25. The summed E-state index contributed by atoms with van der Waals surface area (Å²) >= 11 is 0. The van der Waals surface area contributed by atoms with Gasteiger partial charge in [-0.05, 0) is 19.3 Å². The predicted octanol–water partition coefficient (Wildman–Crippen LogP) is 2.25. The van der Waals surface area contributed by atoms with Crippen LogP contribution in [0.4, 0.5) is 0 Å². The van der Waals surface area contributed by atoms with Crippen molar-refractivity contribution in [3.05, 3.63) is 35.7 Å². The van der Waals surface area contributed by atoms with Gasteiger partial charge in [-0.2, -0.15) is 4.98 Å². The number of rotatable bonds is 3. The maximum Gasteiger partial charge on any atom is 0.241 e. The fourth-order valence-electron chi connectivity index (χ4n) is 2.69. The summed E-state index contributed by atoms with van der Waals surface area (Å²) < 4.78 is 5.35. The summed E-state index contributed by atoms with van der Waals surface area (Å²) in [5.74, 6) is 1.56. The molecule has 1 N–H and O–H groups in total. The molecule has 2 heterocycles. The molecule has 2 atom stereocenters. The van der Waals surface area contributed by atoms with E-state index in [1.165, 1.54) is 5.56 Å². The third kappa shape index (κ3) is 3.31. The lowest BCUT2D eigenvalue weighted by Crippen LogP contribution is -2.41. The van der Waals surface area contributed by atoms with Crippen molar-refractivity contribution >= 4 is 0 Å². The second-order valence-electron chi connectivity index (χ2n) is 5.95. The first-order valence-electron chi connectivity index (χ1n) is 7.42. The summed E-state index contributed by atoms with van der Waals surface area (Å²) in [6, 6.07) is 8.09. The minimum atomic E-state index is -0.188. The highest BCUT2D eigenvalue weighted by atomic mass is 16.5. The molecule has 1 aromatic heterocycles. The Balaban J connectivity index is 1.66. The molecule has 1 saturated heterocycles. The van der Waals surface area contributed by atoms with Crippen molar-refractivity contribution in [1.29, 1.82) is 0 Å². The van der Waals surface area contributed by atoms with Gasteiger partial charge in [0.05, 0.1) is 12.6 Å². The molecule has 1 aliphatic heterocycles. The second kappa shape index (κ2) is 5.95. The number of aromatic nitrogens is 2. The van der Waals surface area contributed by atoms with Crippen molar-refractivity contribution in [2.45, 2.75) is 32.9 Å². The molecule has 2 aromatic rings. The van der Waals surface area contributed by atoms with Gasteiger partial charge in [-0.25, -0.2) is 0 Å². The molecule has 2 unspecified atom stereocenters. The van der Waals surface area contributed by atoms with Gasteiger partial charge in [-0.3, -0.25) is 4.90 Å². The van der Waals surface area contributed by atoms with Gasteiger partial charge >= 0.3 is 0 Å². The molecule has 1 aliphatic rings. The van der Waals surface area contributed by atoms with Crippen molar-refractivity contribution in [1.82, 2.24) is 15.0 Å². The highest BCUT2D eigenvalue weighted by Crippen LogP contribution is 2.20. The Morgan fingerprint density at radius 2 is 2.10 bits per heavy atom. The standard InChI is InChI=1S/C16H21N3O2/c1-11-3-5-13(6-4-11)16-17-15(21-18-16)10-19-8-7-14(20)12(2)9-19/h3-6,12,14,20H,7-10H2,1-2H3. The Kier molecular flexibility index (Phi) is 4.03. The molecule has 5 nitrogen and oxygen atoms in total. The second-order valence-corrected chi connectivity index (χ2v) is 5.95. The fourth-order valence-corrected chi connectivity index (χ4v) is 2.69. The summed E-state index contributed by atoms with van der Waals surface area (Å²) in [5.41, 5.74) is 2.18. The summed E-state index contributed by atoms with van der Waals surface area (Å²) in [4.78, 5) is 6.72. The highest BCUT2D eigenvalue weighted by molar-refractivity contribution is 5.54. The van der Waals surface area contributed by atoms with E-state index in [2.05, 4.69) is 28.9 Å². The minimum absolute atomic E-state index is 0.188.